The molecular weight excluding hydrogens is 174 g/mol. The summed E-state index contributed by atoms with van der Waals surface area (Å²) in [6.45, 7) is 4.15. The Morgan fingerprint density at radius 3 is 2.79 bits per heavy atom. The van der Waals surface area contributed by atoms with Gasteiger partial charge in [-0.3, -0.25) is 0 Å². The molecule has 0 aromatic heterocycles. The molecule has 0 unspecified atom stereocenters. The Morgan fingerprint density at radius 1 is 1.43 bits per heavy atom. The van der Waals surface area contributed by atoms with E-state index in [9.17, 15) is 5.11 Å². The molecule has 1 aromatic rings. The molecule has 1 rings (SSSR count). The van der Waals surface area contributed by atoms with Crippen molar-refractivity contribution in [1.82, 2.24) is 0 Å². The summed E-state index contributed by atoms with van der Waals surface area (Å²) in [5.74, 6) is 0.319. The number of phenolic OH excluding ortho intramolecular Hbond substituents is 1. The van der Waals surface area contributed by atoms with Gasteiger partial charge in [-0.25, -0.2) is 0 Å². The number of benzene rings is 1. The second kappa shape index (κ2) is 5.01. The van der Waals surface area contributed by atoms with E-state index in [4.69, 9.17) is 5.73 Å². The average molecular weight is 193 g/mol. The van der Waals surface area contributed by atoms with Gasteiger partial charge in [0.1, 0.15) is 5.75 Å². The predicted molar refractivity (Wildman–Crippen MR) is 59.3 cm³/mol. The maximum Gasteiger partial charge on any atom is 0.120 e. The Labute approximate surface area is 85.8 Å². The highest BCUT2D eigenvalue weighted by molar-refractivity contribution is 5.37. The molecule has 14 heavy (non-hydrogen) atoms. The Hall–Kier alpha value is -1.02. The molecule has 1 atom stereocenters. The second-order valence-electron chi connectivity index (χ2n) is 3.81. The van der Waals surface area contributed by atoms with Crippen LogP contribution in [0.2, 0.25) is 0 Å². The van der Waals surface area contributed by atoms with Crippen LogP contribution in [0.3, 0.4) is 0 Å². The Bertz CT molecular complexity index is 296. The average Bonchev–Trinajstić information content (AvgIpc) is 2.18. The number of phenols is 1. The van der Waals surface area contributed by atoms with Crippen LogP contribution >= 0.6 is 0 Å². The van der Waals surface area contributed by atoms with Crippen LogP contribution in [0.25, 0.3) is 0 Å². The Morgan fingerprint density at radius 2 is 2.14 bits per heavy atom. The smallest absolute Gasteiger partial charge is 0.120 e. The minimum atomic E-state index is -0.0325. The number of aryl methyl sites for hydroxylation is 1. The van der Waals surface area contributed by atoms with Crippen molar-refractivity contribution in [3.8, 4) is 5.75 Å². The topological polar surface area (TPSA) is 46.2 Å². The molecule has 0 saturated heterocycles. The predicted octanol–water partition coefficient (Wildman–Crippen LogP) is 2.89. The molecule has 0 amide bonds. The third kappa shape index (κ3) is 2.74. The highest BCUT2D eigenvalue weighted by Gasteiger charge is 2.09. The molecule has 1 aromatic carbocycles. The van der Waals surface area contributed by atoms with Crippen LogP contribution in [0.15, 0.2) is 18.2 Å². The quantitative estimate of drug-likeness (QED) is 0.772. The largest absolute Gasteiger partial charge is 0.508 e. The summed E-state index contributed by atoms with van der Waals surface area (Å²) in [6, 6.07) is 5.55. The fourth-order valence-corrected chi connectivity index (χ4v) is 1.55. The van der Waals surface area contributed by atoms with Gasteiger partial charge in [0.05, 0.1) is 0 Å². The van der Waals surface area contributed by atoms with Gasteiger partial charge in [0.2, 0.25) is 0 Å². The SMILES string of the molecule is CCCC[C@@H](N)c1cc(C)ccc1O. The van der Waals surface area contributed by atoms with E-state index in [1.807, 2.05) is 19.1 Å². The van der Waals surface area contributed by atoms with E-state index < -0.39 is 0 Å². The zero-order valence-corrected chi connectivity index (χ0v) is 8.96. The van der Waals surface area contributed by atoms with Crippen molar-refractivity contribution in [2.75, 3.05) is 0 Å². The molecule has 78 valence electrons. The number of aromatic hydroxyl groups is 1. The lowest BCUT2D eigenvalue weighted by Gasteiger charge is -2.13. The zero-order valence-electron chi connectivity index (χ0n) is 8.96. The van der Waals surface area contributed by atoms with Crippen molar-refractivity contribution in [3.05, 3.63) is 29.3 Å². The molecule has 0 saturated carbocycles. The summed E-state index contributed by atoms with van der Waals surface area (Å²) in [5, 5.41) is 9.62. The number of rotatable bonds is 4. The molecule has 2 nitrogen and oxygen atoms in total. The molecule has 3 N–H and O–H groups in total. The van der Waals surface area contributed by atoms with Crippen molar-refractivity contribution in [1.29, 1.82) is 0 Å². The van der Waals surface area contributed by atoms with Gasteiger partial charge in [0.25, 0.3) is 0 Å². The van der Waals surface area contributed by atoms with Crippen molar-refractivity contribution < 1.29 is 5.11 Å². The van der Waals surface area contributed by atoms with Crippen molar-refractivity contribution >= 4 is 0 Å². The highest BCUT2D eigenvalue weighted by Crippen LogP contribution is 2.26. The molecule has 0 heterocycles. The normalized spacial score (nSPS) is 12.8. The second-order valence-corrected chi connectivity index (χ2v) is 3.81. The number of hydrogen-bond donors (Lipinski definition) is 2. The monoisotopic (exact) mass is 193 g/mol. The molecule has 0 bridgehead atoms. The third-order valence-corrected chi connectivity index (χ3v) is 2.45. The summed E-state index contributed by atoms with van der Waals surface area (Å²) < 4.78 is 0. The fraction of sp³-hybridized carbons (Fsp3) is 0.500. The molecule has 0 aliphatic rings. The number of hydrogen-bond acceptors (Lipinski definition) is 2. The van der Waals surface area contributed by atoms with Gasteiger partial charge in [-0.15, -0.1) is 0 Å². The van der Waals surface area contributed by atoms with E-state index in [0.29, 0.717) is 5.75 Å². The minimum Gasteiger partial charge on any atom is -0.508 e. The number of unbranched alkanes of at least 4 members (excludes halogenated alkanes) is 1. The van der Waals surface area contributed by atoms with Gasteiger partial charge < -0.3 is 10.8 Å². The first-order chi connectivity index (χ1) is 6.65. The lowest BCUT2D eigenvalue weighted by Crippen LogP contribution is -2.10. The maximum absolute atomic E-state index is 9.62. The van der Waals surface area contributed by atoms with E-state index in [0.717, 1.165) is 30.4 Å². The maximum atomic E-state index is 9.62. The molecule has 0 spiro atoms. The van der Waals surface area contributed by atoms with Crippen LogP contribution in [0.4, 0.5) is 0 Å². The van der Waals surface area contributed by atoms with E-state index >= 15 is 0 Å². The summed E-state index contributed by atoms with van der Waals surface area (Å²) in [7, 11) is 0. The molecule has 0 aliphatic heterocycles. The molecule has 0 fully saturated rings. The highest BCUT2D eigenvalue weighted by atomic mass is 16.3. The van der Waals surface area contributed by atoms with E-state index in [-0.39, 0.29) is 6.04 Å². The summed E-state index contributed by atoms with van der Waals surface area (Å²) in [6.07, 6.45) is 3.18. The first-order valence-electron chi connectivity index (χ1n) is 5.20. The lowest BCUT2D eigenvalue weighted by molar-refractivity contribution is 0.456. The molecule has 0 radical (unpaired) electrons. The van der Waals surface area contributed by atoms with E-state index in [1.54, 1.807) is 6.07 Å². The summed E-state index contributed by atoms with van der Waals surface area (Å²) in [4.78, 5) is 0. The van der Waals surface area contributed by atoms with Crippen LogP contribution in [0.5, 0.6) is 5.75 Å². The van der Waals surface area contributed by atoms with Crippen molar-refractivity contribution in [3.63, 3.8) is 0 Å². The molecule has 2 heteroatoms. The minimum absolute atomic E-state index is 0.0325. The standard InChI is InChI=1S/C12H19NO/c1-3-4-5-11(13)10-8-9(2)6-7-12(10)14/h6-8,11,14H,3-5,13H2,1-2H3/t11-/m1/s1. The first-order valence-corrected chi connectivity index (χ1v) is 5.20. The first kappa shape index (κ1) is 11.1. The van der Waals surface area contributed by atoms with Gasteiger partial charge in [0, 0.05) is 11.6 Å². The van der Waals surface area contributed by atoms with Crippen molar-refractivity contribution in [2.24, 2.45) is 5.73 Å². The van der Waals surface area contributed by atoms with Crippen molar-refractivity contribution in [2.45, 2.75) is 39.2 Å². The van der Waals surface area contributed by atoms with Crippen LogP contribution in [-0.2, 0) is 0 Å². The molecule has 0 aliphatic carbocycles. The van der Waals surface area contributed by atoms with Gasteiger partial charge in [0.15, 0.2) is 0 Å². The van der Waals surface area contributed by atoms with Crippen LogP contribution < -0.4 is 5.73 Å². The number of nitrogens with two attached hydrogens (primary N) is 1. The van der Waals surface area contributed by atoms with E-state index in [2.05, 4.69) is 6.92 Å². The summed E-state index contributed by atoms with van der Waals surface area (Å²) >= 11 is 0. The third-order valence-electron chi connectivity index (χ3n) is 2.45. The van der Waals surface area contributed by atoms with Crippen LogP contribution in [0.1, 0.15) is 43.4 Å². The van der Waals surface area contributed by atoms with Gasteiger partial charge in [-0.2, -0.15) is 0 Å². The molecular formula is C12H19NO. The van der Waals surface area contributed by atoms with Gasteiger partial charge in [-0.05, 0) is 19.4 Å². The van der Waals surface area contributed by atoms with Gasteiger partial charge >= 0.3 is 0 Å². The Kier molecular flexibility index (Phi) is 3.96. The summed E-state index contributed by atoms with van der Waals surface area (Å²) in [5.41, 5.74) is 8.01. The van der Waals surface area contributed by atoms with E-state index in [1.165, 1.54) is 0 Å². The van der Waals surface area contributed by atoms with Crippen LogP contribution in [0, 0.1) is 6.92 Å². The zero-order chi connectivity index (χ0) is 10.6. The van der Waals surface area contributed by atoms with Crippen LogP contribution in [-0.4, -0.2) is 5.11 Å². The Balaban J connectivity index is 2.77. The van der Waals surface area contributed by atoms with Gasteiger partial charge in [-0.1, -0.05) is 37.5 Å². The lowest BCUT2D eigenvalue weighted by atomic mass is 9.99. The fourth-order valence-electron chi connectivity index (χ4n) is 1.55.